The van der Waals surface area contributed by atoms with Gasteiger partial charge in [-0.15, -0.1) is 0 Å². The van der Waals surface area contributed by atoms with E-state index in [1.165, 1.54) is 0 Å². The van der Waals surface area contributed by atoms with Gasteiger partial charge in [0.2, 0.25) is 0 Å². The second-order valence-electron chi connectivity index (χ2n) is 4.14. The van der Waals surface area contributed by atoms with E-state index in [0.717, 1.165) is 25.7 Å². The number of methoxy groups -OCH3 is 1. The summed E-state index contributed by atoms with van der Waals surface area (Å²) in [5, 5.41) is 2.40. The lowest BCUT2D eigenvalue weighted by Crippen LogP contribution is -2.48. The van der Waals surface area contributed by atoms with Crippen LogP contribution in [-0.2, 0) is 9.53 Å². The molecule has 1 saturated carbocycles. The third-order valence-corrected chi connectivity index (χ3v) is 3.35. The van der Waals surface area contributed by atoms with Crippen LogP contribution in [0.1, 0.15) is 25.7 Å². The number of carbonyl (C=O) groups excluding carboxylic acids is 2. The highest BCUT2D eigenvalue weighted by molar-refractivity contribution is 6.07. The van der Waals surface area contributed by atoms with Crippen LogP contribution >= 0.6 is 0 Å². The lowest BCUT2D eigenvalue weighted by Gasteiger charge is -2.30. The van der Waals surface area contributed by atoms with E-state index in [9.17, 15) is 9.59 Å². The van der Waals surface area contributed by atoms with Gasteiger partial charge >= 0.3 is 6.03 Å². The molecule has 3 amide bonds. The monoisotopic (exact) mass is 212 g/mol. The number of carbonyl (C=O) groups is 2. The van der Waals surface area contributed by atoms with E-state index in [1.54, 1.807) is 12.0 Å². The molecule has 5 heteroatoms. The molecule has 1 saturated heterocycles. The number of imide groups is 1. The Balaban J connectivity index is 2.17. The van der Waals surface area contributed by atoms with E-state index in [1.807, 2.05) is 0 Å². The van der Waals surface area contributed by atoms with Gasteiger partial charge in [0.25, 0.3) is 5.91 Å². The number of rotatable bonds is 3. The Kier molecular flexibility index (Phi) is 2.65. The van der Waals surface area contributed by atoms with Crippen LogP contribution in [0.4, 0.5) is 4.79 Å². The van der Waals surface area contributed by atoms with Gasteiger partial charge in [0.15, 0.2) is 0 Å². The lowest BCUT2D eigenvalue weighted by molar-refractivity contribution is -0.126. The molecule has 0 atom stereocenters. The zero-order valence-corrected chi connectivity index (χ0v) is 8.91. The Labute approximate surface area is 88.8 Å². The first-order valence-electron chi connectivity index (χ1n) is 5.33. The van der Waals surface area contributed by atoms with Crippen LogP contribution in [0.25, 0.3) is 0 Å². The highest BCUT2D eigenvalue weighted by atomic mass is 16.5. The van der Waals surface area contributed by atoms with Crippen LogP contribution in [-0.4, -0.2) is 42.6 Å². The molecule has 0 radical (unpaired) electrons. The fourth-order valence-electron chi connectivity index (χ4n) is 2.55. The van der Waals surface area contributed by atoms with Crippen molar-refractivity contribution in [2.24, 2.45) is 0 Å². The third-order valence-electron chi connectivity index (χ3n) is 3.35. The van der Waals surface area contributed by atoms with E-state index < -0.39 is 5.54 Å². The minimum Gasteiger partial charge on any atom is -0.383 e. The van der Waals surface area contributed by atoms with Crippen molar-refractivity contribution >= 4 is 11.9 Å². The molecule has 1 N–H and O–H groups in total. The smallest absolute Gasteiger partial charge is 0.325 e. The van der Waals surface area contributed by atoms with Crippen molar-refractivity contribution in [1.82, 2.24) is 10.2 Å². The van der Waals surface area contributed by atoms with E-state index in [4.69, 9.17) is 4.74 Å². The summed E-state index contributed by atoms with van der Waals surface area (Å²) in [5.41, 5.74) is -0.560. The molecule has 0 unspecified atom stereocenters. The maximum Gasteiger partial charge on any atom is 0.325 e. The van der Waals surface area contributed by atoms with Crippen LogP contribution in [0.5, 0.6) is 0 Å². The van der Waals surface area contributed by atoms with Crippen molar-refractivity contribution in [3.63, 3.8) is 0 Å². The molecule has 0 aromatic heterocycles. The number of nitrogens with zero attached hydrogens (tertiary/aromatic N) is 1. The van der Waals surface area contributed by atoms with E-state index in [0.29, 0.717) is 13.2 Å². The quantitative estimate of drug-likeness (QED) is 0.693. The summed E-state index contributed by atoms with van der Waals surface area (Å²) < 4.78 is 4.96. The number of amides is 3. The fourth-order valence-corrected chi connectivity index (χ4v) is 2.55. The van der Waals surface area contributed by atoms with Crippen molar-refractivity contribution in [3.8, 4) is 0 Å². The second-order valence-corrected chi connectivity index (χ2v) is 4.14. The normalized spacial score (nSPS) is 23.9. The van der Waals surface area contributed by atoms with Gasteiger partial charge in [0.1, 0.15) is 5.54 Å². The van der Waals surface area contributed by atoms with Crippen molar-refractivity contribution in [2.75, 3.05) is 20.3 Å². The highest BCUT2D eigenvalue weighted by Gasteiger charge is 2.53. The molecular formula is C10H16N2O3. The number of ether oxygens (including phenoxy) is 1. The SMILES string of the molecule is COCCN1C(=O)NC(=O)C12CCCC2. The summed E-state index contributed by atoms with van der Waals surface area (Å²) in [4.78, 5) is 25.0. The average molecular weight is 212 g/mol. The number of nitrogens with one attached hydrogen (secondary N) is 1. The standard InChI is InChI=1S/C10H16N2O3/c1-15-7-6-12-9(14)11-8(13)10(12)4-2-3-5-10/h2-7H2,1H3,(H,11,13,14). The first kappa shape index (κ1) is 10.4. The summed E-state index contributed by atoms with van der Waals surface area (Å²) >= 11 is 0. The van der Waals surface area contributed by atoms with Gasteiger partial charge in [-0.1, -0.05) is 12.8 Å². The lowest BCUT2D eigenvalue weighted by atomic mass is 9.96. The summed E-state index contributed by atoms with van der Waals surface area (Å²) in [5.74, 6) is -0.124. The minimum absolute atomic E-state index is 0.124. The topological polar surface area (TPSA) is 58.6 Å². The van der Waals surface area contributed by atoms with Gasteiger partial charge < -0.3 is 9.64 Å². The van der Waals surface area contributed by atoms with Gasteiger partial charge in [-0.2, -0.15) is 0 Å². The second kappa shape index (κ2) is 3.81. The minimum atomic E-state index is -0.560. The van der Waals surface area contributed by atoms with Crippen LogP contribution in [0.15, 0.2) is 0 Å². The summed E-state index contributed by atoms with van der Waals surface area (Å²) in [6.07, 6.45) is 3.61. The van der Waals surface area contributed by atoms with Crippen molar-refractivity contribution < 1.29 is 14.3 Å². The molecule has 2 rings (SSSR count). The number of hydrogen-bond donors (Lipinski definition) is 1. The summed E-state index contributed by atoms with van der Waals surface area (Å²) in [7, 11) is 1.59. The summed E-state index contributed by atoms with van der Waals surface area (Å²) in [6, 6.07) is -0.265. The molecule has 1 spiro atoms. The molecule has 0 bridgehead atoms. The molecule has 1 aliphatic heterocycles. The largest absolute Gasteiger partial charge is 0.383 e. The molecule has 84 valence electrons. The molecule has 2 aliphatic rings. The molecule has 1 aliphatic carbocycles. The first-order chi connectivity index (χ1) is 7.20. The van der Waals surface area contributed by atoms with Crippen LogP contribution in [0, 0.1) is 0 Å². The van der Waals surface area contributed by atoms with E-state index in [2.05, 4.69) is 5.32 Å². The van der Waals surface area contributed by atoms with Gasteiger partial charge in [0.05, 0.1) is 6.61 Å². The zero-order chi connectivity index (χ0) is 10.9. The molecule has 15 heavy (non-hydrogen) atoms. The molecule has 0 aromatic carbocycles. The number of urea groups is 1. The Morgan fingerprint density at radius 3 is 2.67 bits per heavy atom. The highest BCUT2D eigenvalue weighted by Crippen LogP contribution is 2.38. The third kappa shape index (κ3) is 1.51. The zero-order valence-electron chi connectivity index (χ0n) is 8.91. The Bertz CT molecular complexity index is 284. The van der Waals surface area contributed by atoms with Crippen molar-refractivity contribution in [3.05, 3.63) is 0 Å². The molecule has 1 heterocycles. The van der Waals surface area contributed by atoms with E-state index >= 15 is 0 Å². The number of hydrogen-bond acceptors (Lipinski definition) is 3. The predicted octanol–water partition coefficient (Wildman–Crippen LogP) is 0.497. The van der Waals surface area contributed by atoms with Gasteiger partial charge in [-0.3, -0.25) is 10.1 Å². The van der Waals surface area contributed by atoms with Crippen LogP contribution in [0.2, 0.25) is 0 Å². The van der Waals surface area contributed by atoms with Gasteiger partial charge in [-0.25, -0.2) is 4.79 Å². The molecule has 0 aromatic rings. The Morgan fingerprint density at radius 2 is 2.07 bits per heavy atom. The van der Waals surface area contributed by atoms with Crippen LogP contribution in [0.3, 0.4) is 0 Å². The van der Waals surface area contributed by atoms with Gasteiger partial charge in [0, 0.05) is 13.7 Å². The van der Waals surface area contributed by atoms with Crippen molar-refractivity contribution in [2.45, 2.75) is 31.2 Å². The van der Waals surface area contributed by atoms with E-state index in [-0.39, 0.29) is 11.9 Å². The maximum absolute atomic E-state index is 11.8. The Morgan fingerprint density at radius 1 is 1.40 bits per heavy atom. The Hall–Kier alpha value is -1.10. The molecular weight excluding hydrogens is 196 g/mol. The first-order valence-corrected chi connectivity index (χ1v) is 5.33. The summed E-state index contributed by atoms with van der Waals surface area (Å²) in [6.45, 7) is 0.969. The maximum atomic E-state index is 11.8. The van der Waals surface area contributed by atoms with Crippen molar-refractivity contribution in [1.29, 1.82) is 0 Å². The fraction of sp³-hybridized carbons (Fsp3) is 0.800. The average Bonchev–Trinajstić information content (AvgIpc) is 2.75. The predicted molar refractivity (Wildman–Crippen MR) is 53.3 cm³/mol. The molecule has 5 nitrogen and oxygen atoms in total. The van der Waals surface area contributed by atoms with Crippen LogP contribution < -0.4 is 5.32 Å². The van der Waals surface area contributed by atoms with Gasteiger partial charge in [-0.05, 0) is 12.8 Å². The molecule has 2 fully saturated rings.